The van der Waals surface area contributed by atoms with Crippen molar-refractivity contribution in [3.05, 3.63) is 34.6 Å². The van der Waals surface area contributed by atoms with E-state index in [-0.39, 0.29) is 30.7 Å². The fraction of sp³-hybridized carbons (Fsp3) is 0.467. The summed E-state index contributed by atoms with van der Waals surface area (Å²) in [6, 6.07) is 3.89. The Morgan fingerprint density at radius 1 is 1.41 bits per heavy atom. The molecule has 0 spiro atoms. The summed E-state index contributed by atoms with van der Waals surface area (Å²) in [5.74, 6) is -0.891. The summed E-state index contributed by atoms with van der Waals surface area (Å²) >= 11 is 5.96. The van der Waals surface area contributed by atoms with E-state index in [0.29, 0.717) is 17.1 Å². The molecule has 22 heavy (non-hydrogen) atoms. The number of nitrogens with one attached hydrogen (secondary N) is 3. The lowest BCUT2D eigenvalue weighted by atomic mass is 10.2. The normalized spacial score (nSPS) is 13.3. The molecule has 3 N–H and O–H groups in total. The maximum absolute atomic E-state index is 13.7. The standard InChI is InChI=1S/C15H21ClFN3O2/c1-4-18-15(22)10(2)19-14(21)9-20(3)8-11-12(16)6-5-7-13(11)17/h5-7,10H,4,8-9H2,1-3H3,(H,18,22)(H,19,21)/p+1/t10-/m1/s1. The monoisotopic (exact) mass is 330 g/mol. The molecule has 0 aliphatic heterocycles. The van der Waals surface area contributed by atoms with Gasteiger partial charge in [0.05, 0.1) is 17.6 Å². The van der Waals surface area contributed by atoms with Crippen molar-refractivity contribution in [1.82, 2.24) is 10.6 Å². The highest BCUT2D eigenvalue weighted by atomic mass is 35.5. The Balaban J connectivity index is 2.53. The maximum Gasteiger partial charge on any atom is 0.275 e. The number of likely N-dealkylation sites (N-methyl/N-ethyl adjacent to an activating group) is 2. The van der Waals surface area contributed by atoms with Crippen molar-refractivity contribution in [3.63, 3.8) is 0 Å². The molecule has 1 unspecified atom stereocenters. The van der Waals surface area contributed by atoms with Gasteiger partial charge in [0.1, 0.15) is 18.4 Å². The minimum Gasteiger partial charge on any atom is -0.355 e. The number of rotatable bonds is 7. The third kappa shape index (κ3) is 5.61. The molecule has 0 fully saturated rings. The molecule has 0 aliphatic rings. The third-order valence-electron chi connectivity index (χ3n) is 3.12. The zero-order valence-electron chi connectivity index (χ0n) is 13.0. The van der Waals surface area contributed by atoms with E-state index < -0.39 is 6.04 Å². The molecule has 0 radical (unpaired) electrons. The van der Waals surface area contributed by atoms with E-state index in [1.807, 2.05) is 6.92 Å². The minimum absolute atomic E-state index is 0.119. The van der Waals surface area contributed by atoms with Gasteiger partial charge >= 0.3 is 0 Å². The molecule has 2 amide bonds. The molecule has 1 aromatic rings. The summed E-state index contributed by atoms with van der Waals surface area (Å²) in [6.45, 7) is 4.34. The average molecular weight is 331 g/mol. The van der Waals surface area contributed by atoms with Crippen molar-refractivity contribution in [2.45, 2.75) is 26.4 Å². The van der Waals surface area contributed by atoms with Crippen LogP contribution in [-0.4, -0.2) is 38.0 Å². The van der Waals surface area contributed by atoms with Gasteiger partial charge in [0.15, 0.2) is 6.54 Å². The van der Waals surface area contributed by atoms with Gasteiger partial charge in [-0.15, -0.1) is 0 Å². The quantitative estimate of drug-likeness (QED) is 0.666. The second-order valence-electron chi connectivity index (χ2n) is 5.19. The van der Waals surface area contributed by atoms with Gasteiger partial charge in [0.25, 0.3) is 5.91 Å². The molecule has 0 saturated carbocycles. The molecular formula is C15H22ClFN3O2+. The van der Waals surface area contributed by atoms with Crippen LogP contribution in [0.15, 0.2) is 18.2 Å². The zero-order valence-corrected chi connectivity index (χ0v) is 13.8. The van der Waals surface area contributed by atoms with Crippen molar-refractivity contribution >= 4 is 23.4 Å². The Kier molecular flexibility index (Phi) is 7.27. The fourth-order valence-electron chi connectivity index (χ4n) is 2.02. The predicted octanol–water partition coefficient (Wildman–Crippen LogP) is 0.135. The summed E-state index contributed by atoms with van der Waals surface area (Å²) in [7, 11) is 1.76. The van der Waals surface area contributed by atoms with E-state index in [4.69, 9.17) is 11.6 Å². The maximum atomic E-state index is 13.7. The summed E-state index contributed by atoms with van der Waals surface area (Å²) in [4.78, 5) is 24.2. The largest absolute Gasteiger partial charge is 0.355 e. The fourth-order valence-corrected chi connectivity index (χ4v) is 2.25. The molecule has 0 aromatic heterocycles. The number of hydrogen-bond donors (Lipinski definition) is 3. The van der Waals surface area contributed by atoms with E-state index in [0.717, 1.165) is 4.90 Å². The van der Waals surface area contributed by atoms with Gasteiger partial charge in [-0.25, -0.2) is 4.39 Å². The highest BCUT2D eigenvalue weighted by Gasteiger charge is 2.19. The Bertz CT molecular complexity index is 519. The minimum atomic E-state index is -0.600. The van der Waals surface area contributed by atoms with E-state index in [1.165, 1.54) is 12.1 Å². The Labute approximate surface area is 134 Å². The first-order valence-corrected chi connectivity index (χ1v) is 7.54. The van der Waals surface area contributed by atoms with Crippen molar-refractivity contribution in [2.75, 3.05) is 20.1 Å². The van der Waals surface area contributed by atoms with Crippen molar-refractivity contribution in [1.29, 1.82) is 0 Å². The smallest absolute Gasteiger partial charge is 0.275 e. The molecule has 1 aromatic carbocycles. The first kappa shape index (κ1) is 18.4. The van der Waals surface area contributed by atoms with Gasteiger partial charge in [-0.3, -0.25) is 9.59 Å². The van der Waals surface area contributed by atoms with Gasteiger partial charge in [-0.05, 0) is 26.0 Å². The van der Waals surface area contributed by atoms with Gasteiger partial charge in [-0.1, -0.05) is 17.7 Å². The molecule has 122 valence electrons. The molecule has 0 saturated heterocycles. The van der Waals surface area contributed by atoms with E-state index in [1.54, 1.807) is 20.0 Å². The molecule has 0 heterocycles. The molecule has 5 nitrogen and oxygen atoms in total. The first-order valence-electron chi connectivity index (χ1n) is 7.16. The van der Waals surface area contributed by atoms with Crippen LogP contribution in [0.2, 0.25) is 5.02 Å². The number of amides is 2. The van der Waals surface area contributed by atoms with Crippen LogP contribution >= 0.6 is 11.6 Å². The van der Waals surface area contributed by atoms with Gasteiger partial charge in [-0.2, -0.15) is 0 Å². The number of carbonyl (C=O) groups excluding carboxylic acids is 2. The molecular weight excluding hydrogens is 309 g/mol. The van der Waals surface area contributed by atoms with Crippen LogP contribution in [0.5, 0.6) is 0 Å². The van der Waals surface area contributed by atoms with Gasteiger partial charge in [0.2, 0.25) is 5.91 Å². The predicted molar refractivity (Wildman–Crippen MR) is 83.2 cm³/mol. The van der Waals surface area contributed by atoms with Crippen LogP contribution in [0, 0.1) is 5.82 Å². The van der Waals surface area contributed by atoms with E-state index >= 15 is 0 Å². The van der Waals surface area contributed by atoms with Crippen LogP contribution in [0.3, 0.4) is 0 Å². The lowest BCUT2D eigenvalue weighted by molar-refractivity contribution is -0.885. The Hall–Kier alpha value is -1.66. The zero-order chi connectivity index (χ0) is 16.7. The molecule has 0 aliphatic carbocycles. The number of halogens is 2. The second-order valence-corrected chi connectivity index (χ2v) is 5.60. The highest BCUT2D eigenvalue weighted by Crippen LogP contribution is 2.17. The highest BCUT2D eigenvalue weighted by molar-refractivity contribution is 6.31. The van der Waals surface area contributed by atoms with Gasteiger partial charge < -0.3 is 15.5 Å². The summed E-state index contributed by atoms with van der Waals surface area (Å²) in [6.07, 6.45) is 0. The van der Waals surface area contributed by atoms with Crippen LogP contribution in [-0.2, 0) is 16.1 Å². The third-order valence-corrected chi connectivity index (χ3v) is 3.48. The Morgan fingerprint density at radius 2 is 2.09 bits per heavy atom. The summed E-state index contributed by atoms with van der Waals surface area (Å²) < 4.78 is 13.7. The number of benzene rings is 1. The Morgan fingerprint density at radius 3 is 2.68 bits per heavy atom. The number of hydrogen-bond acceptors (Lipinski definition) is 2. The number of quaternary nitrogens is 1. The van der Waals surface area contributed by atoms with Crippen LogP contribution < -0.4 is 15.5 Å². The SMILES string of the molecule is CCNC(=O)[C@@H](C)NC(=O)C[NH+](C)Cc1c(F)cccc1Cl. The lowest BCUT2D eigenvalue weighted by Gasteiger charge is -2.17. The van der Waals surface area contributed by atoms with Crippen molar-refractivity contribution in [2.24, 2.45) is 0 Å². The molecule has 7 heteroatoms. The lowest BCUT2D eigenvalue weighted by Crippen LogP contribution is -3.09. The van der Waals surface area contributed by atoms with Crippen LogP contribution in [0.25, 0.3) is 0 Å². The first-order chi connectivity index (χ1) is 10.3. The molecule has 2 atom stereocenters. The van der Waals surface area contributed by atoms with Crippen LogP contribution in [0.1, 0.15) is 19.4 Å². The average Bonchev–Trinajstić information content (AvgIpc) is 2.43. The van der Waals surface area contributed by atoms with E-state index in [2.05, 4.69) is 10.6 Å². The van der Waals surface area contributed by atoms with Gasteiger partial charge in [0, 0.05) is 6.54 Å². The van der Waals surface area contributed by atoms with Crippen molar-refractivity contribution < 1.29 is 18.9 Å². The topological polar surface area (TPSA) is 62.6 Å². The summed E-state index contributed by atoms with van der Waals surface area (Å²) in [5.41, 5.74) is 0.381. The van der Waals surface area contributed by atoms with Crippen molar-refractivity contribution in [3.8, 4) is 0 Å². The van der Waals surface area contributed by atoms with E-state index in [9.17, 15) is 14.0 Å². The second kappa shape index (κ2) is 8.70. The summed E-state index contributed by atoms with van der Waals surface area (Å²) in [5, 5.41) is 5.59. The molecule has 0 bridgehead atoms. The molecule has 1 rings (SSSR count). The van der Waals surface area contributed by atoms with Crippen LogP contribution in [0.4, 0.5) is 4.39 Å². The number of carbonyl (C=O) groups is 2.